The van der Waals surface area contributed by atoms with Gasteiger partial charge in [-0.3, -0.25) is 0 Å². The van der Waals surface area contributed by atoms with E-state index >= 15 is 0 Å². The molecule has 0 spiro atoms. The van der Waals surface area contributed by atoms with Crippen LogP contribution in [0.5, 0.6) is 0 Å². The molecule has 0 amide bonds. The van der Waals surface area contributed by atoms with Crippen molar-refractivity contribution in [2.45, 2.75) is 76.4 Å². The third-order valence-corrected chi connectivity index (χ3v) is 6.33. The van der Waals surface area contributed by atoms with Gasteiger partial charge in [0.25, 0.3) is 0 Å². The van der Waals surface area contributed by atoms with Crippen LogP contribution >= 0.6 is 0 Å². The second kappa shape index (κ2) is 10.5. The van der Waals surface area contributed by atoms with E-state index in [1.807, 2.05) is 0 Å². The normalized spacial score (nSPS) is 14.6. The zero-order valence-electron chi connectivity index (χ0n) is 15.8. The van der Waals surface area contributed by atoms with Gasteiger partial charge >= 0.3 is 32.7 Å². The smallest absolute Gasteiger partial charge is 0.373 e. The fourth-order valence-corrected chi connectivity index (χ4v) is 4.84. The Balaban J connectivity index is 5.63. The maximum Gasteiger partial charge on any atom is 0.501 e. The number of hydrogen-bond donors (Lipinski definition) is 0. The van der Waals surface area contributed by atoms with Crippen LogP contribution in [0.3, 0.4) is 0 Å². The van der Waals surface area contributed by atoms with Crippen LogP contribution in [0.1, 0.15) is 46.5 Å². The molecular formula is C15H25F9O3Si. The van der Waals surface area contributed by atoms with Crippen molar-refractivity contribution in [3.63, 3.8) is 0 Å². The Morgan fingerprint density at radius 1 is 0.607 bits per heavy atom. The molecule has 13 heteroatoms. The van der Waals surface area contributed by atoms with Gasteiger partial charge in [0.1, 0.15) is 0 Å². The molecule has 0 N–H and O–H groups in total. The first kappa shape index (κ1) is 27.5. The summed E-state index contributed by atoms with van der Waals surface area (Å²) in [6, 6.07) is -1.04. The zero-order chi connectivity index (χ0) is 22.3. The van der Waals surface area contributed by atoms with Crippen LogP contribution in [0.25, 0.3) is 0 Å². The van der Waals surface area contributed by atoms with Crippen molar-refractivity contribution < 1.29 is 52.8 Å². The van der Waals surface area contributed by atoms with Gasteiger partial charge < -0.3 is 13.3 Å². The van der Waals surface area contributed by atoms with Gasteiger partial charge in [-0.2, -0.15) is 39.5 Å². The quantitative estimate of drug-likeness (QED) is 0.237. The van der Waals surface area contributed by atoms with E-state index < -0.39 is 45.2 Å². The van der Waals surface area contributed by atoms with Gasteiger partial charge in [-0.05, 0) is 19.3 Å². The monoisotopic (exact) mass is 452 g/mol. The van der Waals surface area contributed by atoms with Crippen molar-refractivity contribution in [3.8, 4) is 0 Å². The average Bonchev–Trinajstić information content (AvgIpc) is 2.59. The topological polar surface area (TPSA) is 27.7 Å². The first-order valence-corrected chi connectivity index (χ1v) is 10.7. The first-order chi connectivity index (χ1) is 12.6. The Morgan fingerprint density at radius 2 is 0.964 bits per heavy atom. The fraction of sp³-hybridized carbons (Fsp3) is 1.00. The predicted molar refractivity (Wildman–Crippen MR) is 84.8 cm³/mol. The lowest BCUT2D eigenvalue weighted by atomic mass is 10.0. The van der Waals surface area contributed by atoms with Crippen LogP contribution < -0.4 is 0 Å². The Hall–Kier alpha value is -0.533. The Morgan fingerprint density at radius 3 is 1.25 bits per heavy atom. The summed E-state index contributed by atoms with van der Waals surface area (Å²) in [4.78, 5) is 0. The van der Waals surface area contributed by atoms with Crippen LogP contribution in [0, 0.1) is 0 Å². The molecule has 0 saturated heterocycles. The first-order valence-electron chi connectivity index (χ1n) is 8.76. The summed E-state index contributed by atoms with van der Waals surface area (Å²) in [6.45, 7) is 4.85. The van der Waals surface area contributed by atoms with Crippen LogP contribution in [0.4, 0.5) is 39.5 Å². The van der Waals surface area contributed by atoms with Crippen molar-refractivity contribution in [2.24, 2.45) is 0 Å². The van der Waals surface area contributed by atoms with Gasteiger partial charge in [-0.25, -0.2) is 0 Å². The van der Waals surface area contributed by atoms with Crippen LogP contribution in [-0.4, -0.2) is 52.6 Å². The van der Waals surface area contributed by atoms with Crippen molar-refractivity contribution in [1.82, 2.24) is 0 Å². The minimum absolute atomic E-state index is 0.0413. The summed E-state index contributed by atoms with van der Waals surface area (Å²) in [6.07, 6.45) is -7.70. The second-order valence-electron chi connectivity index (χ2n) is 6.08. The highest BCUT2D eigenvalue weighted by Crippen LogP contribution is 2.54. The standard InChI is InChI=1S/C15H25F9O3Si/c1-4-8-25-28(26-9-5-2,27-10-6-3)11-7-12(16,17)13(18,19)14(20,21)15(22,23)24/h4-11H2,1-3H3. The molecule has 170 valence electrons. The molecule has 0 unspecified atom stereocenters. The fourth-order valence-electron chi connectivity index (χ4n) is 1.99. The highest BCUT2D eigenvalue weighted by atomic mass is 28.4. The highest BCUT2D eigenvalue weighted by molar-refractivity contribution is 6.60. The highest BCUT2D eigenvalue weighted by Gasteiger charge is 2.81. The molecule has 0 heterocycles. The molecule has 0 aromatic rings. The number of alkyl halides is 9. The molecule has 0 radical (unpaired) electrons. The van der Waals surface area contributed by atoms with E-state index in [9.17, 15) is 39.5 Å². The summed E-state index contributed by atoms with van der Waals surface area (Å²) in [7, 11) is -3.99. The van der Waals surface area contributed by atoms with Crippen molar-refractivity contribution in [3.05, 3.63) is 0 Å². The van der Waals surface area contributed by atoms with Gasteiger partial charge in [0, 0.05) is 32.3 Å². The SMILES string of the molecule is CCCO[Si](CCC(F)(F)C(F)(F)C(F)(F)C(F)(F)F)(OCCC)OCCC. The van der Waals surface area contributed by atoms with Crippen molar-refractivity contribution in [1.29, 1.82) is 0 Å². The third-order valence-electron chi connectivity index (χ3n) is 3.53. The molecule has 0 aromatic carbocycles. The molecule has 0 fully saturated rings. The van der Waals surface area contributed by atoms with Crippen LogP contribution in [0.15, 0.2) is 0 Å². The van der Waals surface area contributed by atoms with E-state index in [2.05, 4.69) is 0 Å². The van der Waals surface area contributed by atoms with Crippen LogP contribution in [-0.2, 0) is 13.3 Å². The third kappa shape index (κ3) is 6.49. The Labute approximate surface area is 158 Å². The number of rotatable bonds is 14. The largest absolute Gasteiger partial charge is 0.501 e. The molecule has 0 aromatic heterocycles. The van der Waals surface area contributed by atoms with Crippen molar-refractivity contribution >= 4 is 8.80 Å². The van der Waals surface area contributed by atoms with Gasteiger partial charge in [-0.15, -0.1) is 0 Å². The summed E-state index contributed by atoms with van der Waals surface area (Å²) >= 11 is 0. The maximum absolute atomic E-state index is 13.8. The van der Waals surface area contributed by atoms with E-state index in [1.165, 1.54) is 0 Å². The van der Waals surface area contributed by atoms with E-state index in [0.717, 1.165) is 0 Å². The minimum Gasteiger partial charge on any atom is -0.373 e. The average molecular weight is 452 g/mol. The molecule has 0 aliphatic carbocycles. The summed E-state index contributed by atoms with van der Waals surface area (Å²) in [5, 5.41) is 0. The molecule has 0 aliphatic rings. The lowest BCUT2D eigenvalue weighted by molar-refractivity contribution is -0.396. The molecule has 0 saturated carbocycles. The molecule has 3 nitrogen and oxygen atoms in total. The van der Waals surface area contributed by atoms with E-state index in [4.69, 9.17) is 13.3 Å². The number of halogens is 9. The van der Waals surface area contributed by atoms with Gasteiger partial charge in [0.05, 0.1) is 0 Å². The predicted octanol–water partition coefficient (Wildman–Crippen LogP) is 6.06. The van der Waals surface area contributed by atoms with Gasteiger partial charge in [0.2, 0.25) is 0 Å². The molecule has 28 heavy (non-hydrogen) atoms. The maximum atomic E-state index is 13.8. The number of hydrogen-bond acceptors (Lipinski definition) is 3. The molecule has 0 aliphatic heterocycles. The van der Waals surface area contributed by atoms with E-state index in [0.29, 0.717) is 19.3 Å². The van der Waals surface area contributed by atoms with Crippen LogP contribution in [0.2, 0.25) is 6.04 Å². The summed E-state index contributed by atoms with van der Waals surface area (Å²) < 4.78 is 133. The molecule has 0 rings (SSSR count). The Bertz CT molecular complexity index is 435. The molecule has 0 bridgehead atoms. The van der Waals surface area contributed by atoms with E-state index in [-0.39, 0.29) is 19.8 Å². The molecule has 0 atom stereocenters. The Kier molecular flexibility index (Phi) is 10.3. The minimum atomic E-state index is -6.91. The van der Waals surface area contributed by atoms with Gasteiger partial charge in [0.15, 0.2) is 0 Å². The zero-order valence-corrected chi connectivity index (χ0v) is 16.8. The summed E-state index contributed by atoms with van der Waals surface area (Å²) in [5.41, 5.74) is 0. The lowest BCUT2D eigenvalue weighted by Gasteiger charge is -2.35. The summed E-state index contributed by atoms with van der Waals surface area (Å²) in [5.74, 6) is -19.2. The molecular weight excluding hydrogens is 427 g/mol. The van der Waals surface area contributed by atoms with Crippen molar-refractivity contribution in [2.75, 3.05) is 19.8 Å². The van der Waals surface area contributed by atoms with Gasteiger partial charge in [-0.1, -0.05) is 20.8 Å². The van der Waals surface area contributed by atoms with E-state index in [1.54, 1.807) is 20.8 Å². The lowest BCUT2D eigenvalue weighted by Crippen LogP contribution is -2.61. The second-order valence-corrected chi connectivity index (χ2v) is 8.81.